The van der Waals surface area contributed by atoms with E-state index in [2.05, 4.69) is 0 Å². The lowest BCUT2D eigenvalue weighted by Gasteiger charge is -2.49. The number of hydrogen-bond acceptors (Lipinski definition) is 4. The van der Waals surface area contributed by atoms with E-state index >= 15 is 0 Å². The summed E-state index contributed by atoms with van der Waals surface area (Å²) in [7, 11) is -3.48. The summed E-state index contributed by atoms with van der Waals surface area (Å²) in [4.78, 5) is 0. The van der Waals surface area contributed by atoms with E-state index in [1.165, 1.54) is 0 Å². The second-order valence-electron chi connectivity index (χ2n) is 4.35. The van der Waals surface area contributed by atoms with Crippen molar-refractivity contribution in [2.75, 3.05) is 12.9 Å². The summed E-state index contributed by atoms with van der Waals surface area (Å²) in [6, 6.07) is 9.93. The maximum absolute atomic E-state index is 11.6. The first-order chi connectivity index (χ1) is 8.50. The number of nitriles is 1. The summed E-state index contributed by atoms with van der Waals surface area (Å²) in [5.41, 5.74) is 0.878. The van der Waals surface area contributed by atoms with Crippen LogP contribution in [0.2, 0.25) is 0 Å². The van der Waals surface area contributed by atoms with Crippen LogP contribution in [0.3, 0.4) is 0 Å². The summed E-state index contributed by atoms with van der Waals surface area (Å²) >= 11 is 0. The Balaban J connectivity index is 2.37. The quantitative estimate of drug-likeness (QED) is 0.853. The highest BCUT2D eigenvalue weighted by Gasteiger charge is 2.53. The molecule has 0 bridgehead atoms. The predicted octanol–water partition coefficient (Wildman–Crippen LogP) is 0.298. The third-order valence-electron chi connectivity index (χ3n) is 3.24. The molecule has 18 heavy (non-hydrogen) atoms. The molecule has 0 aromatic heterocycles. The minimum atomic E-state index is -3.48. The molecular weight excluding hydrogens is 252 g/mol. The van der Waals surface area contributed by atoms with E-state index in [4.69, 9.17) is 5.26 Å². The van der Waals surface area contributed by atoms with Crippen molar-refractivity contribution < 1.29 is 13.5 Å². The van der Waals surface area contributed by atoms with Gasteiger partial charge >= 0.3 is 0 Å². The van der Waals surface area contributed by atoms with Gasteiger partial charge in [0.15, 0.2) is 0 Å². The SMILES string of the molecule is CS(=O)(=O)N1[C@H](C#N)[C@H](c2ccccc2)[C@H]1CO. The van der Waals surface area contributed by atoms with Gasteiger partial charge in [-0.25, -0.2) is 8.42 Å². The Bertz CT molecular complexity index is 565. The van der Waals surface area contributed by atoms with Gasteiger partial charge in [-0.05, 0) is 5.56 Å². The van der Waals surface area contributed by atoms with Crippen LogP contribution in [0, 0.1) is 11.3 Å². The van der Waals surface area contributed by atoms with Gasteiger partial charge in [-0.1, -0.05) is 30.3 Å². The van der Waals surface area contributed by atoms with E-state index in [1.54, 1.807) is 0 Å². The van der Waals surface area contributed by atoms with Crippen LogP contribution in [0.5, 0.6) is 0 Å². The first-order valence-electron chi connectivity index (χ1n) is 5.54. The fourth-order valence-corrected chi connectivity index (χ4v) is 3.78. The summed E-state index contributed by atoms with van der Waals surface area (Å²) < 4.78 is 24.3. The lowest BCUT2D eigenvalue weighted by atomic mass is 9.78. The zero-order valence-corrected chi connectivity index (χ0v) is 10.7. The number of aliphatic hydroxyl groups is 1. The highest BCUT2D eigenvalue weighted by molar-refractivity contribution is 7.88. The van der Waals surface area contributed by atoms with Gasteiger partial charge in [0.2, 0.25) is 10.0 Å². The lowest BCUT2D eigenvalue weighted by Crippen LogP contribution is -2.64. The van der Waals surface area contributed by atoms with Crippen LogP contribution in [0.15, 0.2) is 30.3 Å². The van der Waals surface area contributed by atoms with Crippen LogP contribution in [0.25, 0.3) is 0 Å². The number of nitrogens with zero attached hydrogens (tertiary/aromatic N) is 2. The van der Waals surface area contributed by atoms with Gasteiger partial charge in [0.25, 0.3) is 0 Å². The Morgan fingerprint density at radius 1 is 1.39 bits per heavy atom. The molecule has 1 heterocycles. The van der Waals surface area contributed by atoms with Gasteiger partial charge in [0, 0.05) is 5.92 Å². The van der Waals surface area contributed by atoms with Crippen molar-refractivity contribution in [2.24, 2.45) is 0 Å². The van der Waals surface area contributed by atoms with E-state index in [1.807, 2.05) is 36.4 Å². The molecule has 1 fully saturated rings. The van der Waals surface area contributed by atoms with Crippen molar-refractivity contribution in [3.05, 3.63) is 35.9 Å². The van der Waals surface area contributed by atoms with Gasteiger partial charge in [0.1, 0.15) is 6.04 Å². The summed E-state index contributed by atoms with van der Waals surface area (Å²) in [6.07, 6.45) is 1.06. The molecule has 1 aliphatic rings. The zero-order valence-electron chi connectivity index (χ0n) is 9.89. The zero-order chi connectivity index (χ0) is 13.3. The standard InChI is InChI=1S/C12H14N2O3S/c1-18(16,17)14-10(7-13)12(11(14)8-15)9-5-3-2-4-6-9/h2-6,10-12,15H,8H2,1H3/t10-,11-,12+/m1/s1. The maximum atomic E-state index is 11.6. The molecule has 2 rings (SSSR count). The molecule has 1 aliphatic heterocycles. The van der Waals surface area contributed by atoms with Crippen molar-refractivity contribution in [2.45, 2.75) is 18.0 Å². The van der Waals surface area contributed by atoms with Gasteiger partial charge in [-0.15, -0.1) is 0 Å². The van der Waals surface area contributed by atoms with Crippen molar-refractivity contribution in [3.63, 3.8) is 0 Å². The van der Waals surface area contributed by atoms with Crippen molar-refractivity contribution in [1.82, 2.24) is 4.31 Å². The highest BCUT2D eigenvalue weighted by Crippen LogP contribution is 2.41. The number of aliphatic hydroxyl groups excluding tert-OH is 1. The van der Waals surface area contributed by atoms with E-state index in [9.17, 15) is 13.5 Å². The van der Waals surface area contributed by atoms with E-state index in [0.717, 1.165) is 16.1 Å². The Morgan fingerprint density at radius 3 is 2.44 bits per heavy atom. The third-order valence-corrected chi connectivity index (χ3v) is 4.51. The van der Waals surface area contributed by atoms with Crippen LogP contribution in [-0.2, 0) is 10.0 Å². The monoisotopic (exact) mass is 266 g/mol. The molecule has 0 unspecified atom stereocenters. The molecule has 3 atom stereocenters. The second-order valence-corrected chi connectivity index (χ2v) is 6.24. The number of rotatable bonds is 3. The maximum Gasteiger partial charge on any atom is 0.212 e. The third kappa shape index (κ3) is 2.01. The fourth-order valence-electron chi connectivity index (χ4n) is 2.49. The average Bonchev–Trinajstić information content (AvgIpc) is 2.28. The summed E-state index contributed by atoms with van der Waals surface area (Å²) in [5, 5.41) is 18.5. The van der Waals surface area contributed by atoms with Gasteiger partial charge in [-0.2, -0.15) is 9.57 Å². The first kappa shape index (κ1) is 13.0. The summed E-state index contributed by atoms with van der Waals surface area (Å²) in [6.45, 7) is -0.287. The molecule has 5 nitrogen and oxygen atoms in total. The van der Waals surface area contributed by atoms with Crippen molar-refractivity contribution in [1.29, 1.82) is 5.26 Å². The largest absolute Gasteiger partial charge is 0.395 e. The number of sulfonamides is 1. The van der Waals surface area contributed by atoms with Gasteiger partial charge in [-0.3, -0.25) is 0 Å². The molecule has 0 amide bonds. The molecule has 0 radical (unpaired) electrons. The van der Waals surface area contributed by atoms with Gasteiger partial charge in [0.05, 0.1) is 25.0 Å². The average molecular weight is 266 g/mol. The predicted molar refractivity (Wildman–Crippen MR) is 66.1 cm³/mol. The Labute approximate surface area is 106 Å². The van der Waals surface area contributed by atoms with Crippen LogP contribution in [0.1, 0.15) is 11.5 Å². The lowest BCUT2D eigenvalue weighted by molar-refractivity contribution is 0.0564. The molecule has 1 aromatic carbocycles. The van der Waals surface area contributed by atoms with E-state index in [0.29, 0.717) is 0 Å². The molecule has 96 valence electrons. The summed E-state index contributed by atoms with van der Waals surface area (Å²) in [5.74, 6) is -0.268. The van der Waals surface area contributed by atoms with Gasteiger partial charge < -0.3 is 5.11 Å². The molecule has 1 N–H and O–H groups in total. The van der Waals surface area contributed by atoms with Crippen LogP contribution < -0.4 is 0 Å². The van der Waals surface area contributed by atoms with Crippen LogP contribution >= 0.6 is 0 Å². The van der Waals surface area contributed by atoms with Crippen molar-refractivity contribution in [3.8, 4) is 6.07 Å². The molecule has 0 aliphatic carbocycles. The molecule has 1 saturated heterocycles. The smallest absolute Gasteiger partial charge is 0.212 e. The molecule has 0 saturated carbocycles. The normalized spacial score (nSPS) is 28.4. The molecule has 0 spiro atoms. The van der Waals surface area contributed by atoms with Crippen LogP contribution in [-0.4, -0.2) is 42.8 Å². The topological polar surface area (TPSA) is 81.4 Å². The molecular formula is C12H14N2O3S. The minimum Gasteiger partial charge on any atom is -0.395 e. The van der Waals surface area contributed by atoms with Crippen LogP contribution in [0.4, 0.5) is 0 Å². The Kier molecular flexibility index (Phi) is 3.39. The fraction of sp³-hybridized carbons (Fsp3) is 0.417. The number of benzene rings is 1. The minimum absolute atomic E-state index is 0.268. The highest BCUT2D eigenvalue weighted by atomic mass is 32.2. The molecule has 1 aromatic rings. The Morgan fingerprint density at radius 2 is 2.00 bits per heavy atom. The second kappa shape index (κ2) is 4.69. The molecule has 6 heteroatoms. The van der Waals surface area contributed by atoms with E-state index in [-0.39, 0.29) is 12.5 Å². The Hall–Kier alpha value is -1.42. The van der Waals surface area contributed by atoms with Crippen molar-refractivity contribution >= 4 is 10.0 Å². The number of hydrogen-bond donors (Lipinski definition) is 1. The first-order valence-corrected chi connectivity index (χ1v) is 7.39. The van der Waals surface area contributed by atoms with E-state index < -0.39 is 22.1 Å².